The SMILES string of the molecule is CCOc1cccc(C(NN)c2c(F)cccc2OC)c1. The van der Waals surface area contributed by atoms with E-state index < -0.39 is 6.04 Å². The molecule has 0 fully saturated rings. The van der Waals surface area contributed by atoms with Gasteiger partial charge in [-0.3, -0.25) is 5.84 Å². The number of halogens is 1. The number of benzene rings is 2. The van der Waals surface area contributed by atoms with E-state index in [4.69, 9.17) is 15.3 Å². The highest BCUT2D eigenvalue weighted by Gasteiger charge is 2.21. The average molecular weight is 290 g/mol. The summed E-state index contributed by atoms with van der Waals surface area (Å²) in [6.45, 7) is 2.47. The van der Waals surface area contributed by atoms with Crippen LogP contribution in [0.1, 0.15) is 24.1 Å². The Labute approximate surface area is 123 Å². The molecule has 0 saturated carbocycles. The van der Waals surface area contributed by atoms with E-state index >= 15 is 0 Å². The van der Waals surface area contributed by atoms with Crippen LogP contribution in [0.15, 0.2) is 42.5 Å². The van der Waals surface area contributed by atoms with Crippen LogP contribution >= 0.6 is 0 Å². The number of methoxy groups -OCH3 is 1. The topological polar surface area (TPSA) is 56.5 Å². The Morgan fingerprint density at radius 3 is 2.67 bits per heavy atom. The van der Waals surface area contributed by atoms with Gasteiger partial charge in [0.1, 0.15) is 17.3 Å². The smallest absolute Gasteiger partial charge is 0.132 e. The van der Waals surface area contributed by atoms with E-state index in [1.807, 2.05) is 31.2 Å². The molecule has 0 aromatic heterocycles. The molecule has 0 aliphatic heterocycles. The first-order chi connectivity index (χ1) is 10.2. The van der Waals surface area contributed by atoms with E-state index in [1.165, 1.54) is 13.2 Å². The van der Waals surface area contributed by atoms with Crippen LogP contribution in [-0.4, -0.2) is 13.7 Å². The highest BCUT2D eigenvalue weighted by atomic mass is 19.1. The summed E-state index contributed by atoms with van der Waals surface area (Å²) in [5.74, 6) is 6.42. The van der Waals surface area contributed by atoms with Crippen LogP contribution in [-0.2, 0) is 0 Å². The van der Waals surface area contributed by atoms with Crippen LogP contribution in [0.4, 0.5) is 4.39 Å². The second kappa shape index (κ2) is 7.06. The highest BCUT2D eigenvalue weighted by Crippen LogP contribution is 2.32. The van der Waals surface area contributed by atoms with Crippen LogP contribution in [0.5, 0.6) is 11.5 Å². The van der Waals surface area contributed by atoms with Crippen molar-refractivity contribution in [1.82, 2.24) is 5.43 Å². The Morgan fingerprint density at radius 2 is 2.00 bits per heavy atom. The van der Waals surface area contributed by atoms with E-state index in [-0.39, 0.29) is 5.82 Å². The fourth-order valence-corrected chi connectivity index (χ4v) is 2.27. The second-order valence-corrected chi connectivity index (χ2v) is 4.46. The van der Waals surface area contributed by atoms with Crippen LogP contribution in [0, 0.1) is 5.82 Å². The molecule has 112 valence electrons. The summed E-state index contributed by atoms with van der Waals surface area (Å²) in [5.41, 5.74) is 3.81. The average Bonchev–Trinajstić information content (AvgIpc) is 2.50. The first kappa shape index (κ1) is 15.3. The summed E-state index contributed by atoms with van der Waals surface area (Å²) in [7, 11) is 1.50. The molecule has 0 aliphatic rings. The summed E-state index contributed by atoms with van der Waals surface area (Å²) < 4.78 is 24.9. The van der Waals surface area contributed by atoms with Gasteiger partial charge in [0.15, 0.2) is 0 Å². The highest BCUT2D eigenvalue weighted by molar-refractivity contribution is 5.44. The van der Waals surface area contributed by atoms with Gasteiger partial charge in [-0.05, 0) is 36.8 Å². The maximum atomic E-state index is 14.2. The summed E-state index contributed by atoms with van der Waals surface area (Å²) in [4.78, 5) is 0. The molecular formula is C16H19FN2O2. The first-order valence-corrected chi connectivity index (χ1v) is 6.72. The fraction of sp³-hybridized carbons (Fsp3) is 0.250. The molecule has 21 heavy (non-hydrogen) atoms. The largest absolute Gasteiger partial charge is 0.496 e. The number of ether oxygens (including phenoxy) is 2. The van der Waals surface area contributed by atoms with Crippen molar-refractivity contribution in [3.63, 3.8) is 0 Å². The van der Waals surface area contributed by atoms with Gasteiger partial charge in [-0.15, -0.1) is 0 Å². The molecule has 1 atom stereocenters. The van der Waals surface area contributed by atoms with Gasteiger partial charge in [0.25, 0.3) is 0 Å². The van der Waals surface area contributed by atoms with Crippen molar-refractivity contribution in [3.05, 3.63) is 59.4 Å². The van der Waals surface area contributed by atoms with Crippen molar-refractivity contribution in [1.29, 1.82) is 0 Å². The summed E-state index contributed by atoms with van der Waals surface area (Å²) in [5, 5.41) is 0. The first-order valence-electron chi connectivity index (χ1n) is 6.72. The lowest BCUT2D eigenvalue weighted by molar-refractivity contribution is 0.339. The van der Waals surface area contributed by atoms with Gasteiger partial charge in [0.2, 0.25) is 0 Å². The quantitative estimate of drug-likeness (QED) is 0.634. The zero-order chi connectivity index (χ0) is 15.2. The second-order valence-electron chi connectivity index (χ2n) is 4.46. The Bertz CT molecular complexity index is 605. The minimum atomic E-state index is -0.526. The number of nitrogens with two attached hydrogens (primary N) is 1. The third kappa shape index (κ3) is 3.32. The molecule has 0 saturated heterocycles. The molecule has 0 amide bonds. The Balaban J connectivity index is 2.47. The van der Waals surface area contributed by atoms with Gasteiger partial charge in [-0.25, -0.2) is 9.82 Å². The van der Waals surface area contributed by atoms with Crippen LogP contribution in [0.2, 0.25) is 0 Å². The molecule has 0 spiro atoms. The molecule has 0 radical (unpaired) electrons. The minimum absolute atomic E-state index is 0.371. The van der Waals surface area contributed by atoms with Crippen LogP contribution < -0.4 is 20.7 Å². The van der Waals surface area contributed by atoms with Crippen molar-refractivity contribution in [2.45, 2.75) is 13.0 Å². The molecule has 0 heterocycles. The zero-order valence-corrected chi connectivity index (χ0v) is 12.1. The van der Waals surface area contributed by atoms with Crippen LogP contribution in [0.25, 0.3) is 0 Å². The fourth-order valence-electron chi connectivity index (χ4n) is 2.27. The number of hydrogen-bond donors (Lipinski definition) is 2. The van der Waals surface area contributed by atoms with Crippen molar-refractivity contribution >= 4 is 0 Å². The Hall–Kier alpha value is -2.11. The number of hydrogen-bond acceptors (Lipinski definition) is 4. The van der Waals surface area contributed by atoms with E-state index in [2.05, 4.69) is 5.43 Å². The number of rotatable bonds is 6. The van der Waals surface area contributed by atoms with E-state index in [0.717, 1.165) is 5.56 Å². The Morgan fingerprint density at radius 1 is 1.24 bits per heavy atom. The van der Waals surface area contributed by atoms with Gasteiger partial charge >= 0.3 is 0 Å². The molecule has 2 rings (SSSR count). The van der Waals surface area contributed by atoms with Crippen molar-refractivity contribution in [2.24, 2.45) is 5.84 Å². The zero-order valence-electron chi connectivity index (χ0n) is 12.1. The molecule has 2 aromatic rings. The number of hydrazine groups is 1. The predicted octanol–water partition coefficient (Wildman–Crippen LogP) is 2.79. The molecule has 3 N–H and O–H groups in total. The summed E-state index contributed by atoms with van der Waals surface area (Å²) >= 11 is 0. The van der Waals surface area contributed by atoms with Gasteiger partial charge in [0.05, 0.1) is 25.3 Å². The monoisotopic (exact) mass is 290 g/mol. The number of nitrogens with one attached hydrogen (secondary N) is 1. The molecule has 0 aliphatic carbocycles. The van der Waals surface area contributed by atoms with Gasteiger partial charge in [0, 0.05) is 0 Å². The lowest BCUT2D eigenvalue weighted by Crippen LogP contribution is -2.30. The maximum Gasteiger partial charge on any atom is 0.132 e. The third-order valence-electron chi connectivity index (χ3n) is 3.19. The minimum Gasteiger partial charge on any atom is -0.496 e. The van der Waals surface area contributed by atoms with E-state index in [1.54, 1.807) is 12.1 Å². The molecular weight excluding hydrogens is 271 g/mol. The van der Waals surface area contributed by atoms with Gasteiger partial charge < -0.3 is 9.47 Å². The van der Waals surface area contributed by atoms with Gasteiger partial charge in [-0.2, -0.15) is 0 Å². The standard InChI is InChI=1S/C16H19FN2O2/c1-3-21-12-7-4-6-11(10-12)16(19-18)15-13(17)8-5-9-14(15)20-2/h4-10,16,19H,3,18H2,1-2H3. The van der Waals surface area contributed by atoms with E-state index in [0.29, 0.717) is 23.7 Å². The molecule has 4 nitrogen and oxygen atoms in total. The predicted molar refractivity (Wildman–Crippen MR) is 79.7 cm³/mol. The Kier molecular flexibility index (Phi) is 5.14. The lowest BCUT2D eigenvalue weighted by Gasteiger charge is -2.20. The molecule has 5 heteroatoms. The normalized spacial score (nSPS) is 12.0. The van der Waals surface area contributed by atoms with Crippen molar-refractivity contribution in [3.8, 4) is 11.5 Å². The lowest BCUT2D eigenvalue weighted by atomic mass is 9.97. The van der Waals surface area contributed by atoms with Crippen molar-refractivity contribution in [2.75, 3.05) is 13.7 Å². The maximum absolute atomic E-state index is 14.2. The molecule has 1 unspecified atom stereocenters. The summed E-state index contributed by atoms with van der Waals surface area (Å²) in [6.07, 6.45) is 0. The van der Waals surface area contributed by atoms with Crippen molar-refractivity contribution < 1.29 is 13.9 Å². The van der Waals surface area contributed by atoms with Crippen LogP contribution in [0.3, 0.4) is 0 Å². The van der Waals surface area contributed by atoms with E-state index in [9.17, 15) is 4.39 Å². The molecule has 0 bridgehead atoms. The van der Waals surface area contributed by atoms with Gasteiger partial charge in [-0.1, -0.05) is 18.2 Å². The third-order valence-corrected chi connectivity index (χ3v) is 3.19. The summed E-state index contributed by atoms with van der Waals surface area (Å²) in [6, 6.07) is 11.5. The molecule has 2 aromatic carbocycles.